The van der Waals surface area contributed by atoms with Gasteiger partial charge in [-0.05, 0) is 41.5 Å². The molecule has 0 atom stereocenters. The molecule has 1 aliphatic rings. The number of hydrogen-bond acceptors (Lipinski definition) is 8. The minimum atomic E-state index is -1.92. The molecule has 3 heterocycles. The van der Waals surface area contributed by atoms with Gasteiger partial charge in [-0.3, -0.25) is 9.59 Å². The molecule has 10 heteroatoms. The fourth-order valence-corrected chi connectivity index (χ4v) is 3.12. The van der Waals surface area contributed by atoms with Gasteiger partial charge in [-0.25, -0.2) is 14.6 Å². The lowest BCUT2D eigenvalue weighted by molar-refractivity contribution is -0.345. The van der Waals surface area contributed by atoms with Crippen molar-refractivity contribution in [1.82, 2.24) is 19.7 Å². The molecule has 0 saturated carbocycles. The molecule has 2 aromatic rings. The second-order valence-corrected chi connectivity index (χ2v) is 8.36. The number of amides is 1. The summed E-state index contributed by atoms with van der Waals surface area (Å²) in [7, 11) is 0. The normalized spacial score (nSPS) is 19.5. The van der Waals surface area contributed by atoms with E-state index in [0.717, 1.165) is 0 Å². The minimum absolute atomic E-state index is 0.0804. The van der Waals surface area contributed by atoms with E-state index in [-0.39, 0.29) is 23.5 Å². The van der Waals surface area contributed by atoms with Crippen LogP contribution in [0, 0.1) is 0 Å². The number of nitrogens with one attached hydrogen (secondary N) is 1. The second-order valence-electron chi connectivity index (χ2n) is 8.36. The van der Waals surface area contributed by atoms with Gasteiger partial charge in [0, 0.05) is 19.9 Å². The molecule has 1 aliphatic heterocycles. The van der Waals surface area contributed by atoms with Crippen molar-refractivity contribution in [3.05, 3.63) is 12.0 Å². The van der Waals surface area contributed by atoms with Gasteiger partial charge in [0.2, 0.25) is 5.91 Å². The Hall–Kier alpha value is -2.59. The quantitative estimate of drug-likeness (QED) is 0.772. The lowest BCUT2D eigenvalue weighted by Gasteiger charge is -2.29. The van der Waals surface area contributed by atoms with Gasteiger partial charge < -0.3 is 19.5 Å². The summed E-state index contributed by atoms with van der Waals surface area (Å²) in [5, 5.41) is 7.69. The number of esters is 1. The molecule has 0 radical (unpaired) electrons. The first kappa shape index (κ1) is 21.1. The van der Waals surface area contributed by atoms with Gasteiger partial charge in [0.15, 0.2) is 11.3 Å². The van der Waals surface area contributed by atoms with E-state index < -0.39 is 23.1 Å². The maximum atomic E-state index is 12.0. The number of aromatic nitrogens is 4. The van der Waals surface area contributed by atoms with E-state index in [1.165, 1.54) is 20.2 Å². The van der Waals surface area contributed by atoms with Gasteiger partial charge >= 0.3 is 11.9 Å². The zero-order valence-electron chi connectivity index (χ0n) is 18.0. The van der Waals surface area contributed by atoms with Crippen LogP contribution in [0.5, 0.6) is 0 Å². The van der Waals surface area contributed by atoms with Crippen LogP contribution in [-0.2, 0) is 29.8 Å². The van der Waals surface area contributed by atoms with E-state index in [0.29, 0.717) is 11.0 Å². The van der Waals surface area contributed by atoms with Gasteiger partial charge in [-0.1, -0.05) is 0 Å². The summed E-state index contributed by atoms with van der Waals surface area (Å²) < 4.78 is 19.6. The summed E-state index contributed by atoms with van der Waals surface area (Å²) in [6, 6.07) is -0.0804. The van der Waals surface area contributed by atoms with Gasteiger partial charge in [-0.2, -0.15) is 5.10 Å². The lowest BCUT2D eigenvalue weighted by atomic mass is 9.90. The SMILES string of the molecule is CC(=O)Nc1ncnc2c1c(C1(OC(C)=O)OC(C)(C)C(C)(C)O1)nn2C(C)C. The molecule has 158 valence electrons. The van der Waals surface area contributed by atoms with Crippen LogP contribution < -0.4 is 5.32 Å². The third-order valence-corrected chi connectivity index (χ3v) is 5.07. The monoisotopic (exact) mass is 405 g/mol. The Kier molecular flexibility index (Phi) is 4.91. The van der Waals surface area contributed by atoms with Gasteiger partial charge in [0.25, 0.3) is 0 Å². The fraction of sp³-hybridized carbons (Fsp3) is 0.632. The highest BCUT2D eigenvalue weighted by atomic mass is 16.9. The van der Waals surface area contributed by atoms with Crippen molar-refractivity contribution in [3.8, 4) is 0 Å². The molecule has 1 N–H and O–H groups in total. The van der Waals surface area contributed by atoms with E-state index in [9.17, 15) is 9.59 Å². The first-order valence-electron chi connectivity index (χ1n) is 9.41. The predicted molar refractivity (Wildman–Crippen MR) is 104 cm³/mol. The summed E-state index contributed by atoms with van der Waals surface area (Å²) in [6.45, 7) is 13.8. The average Bonchev–Trinajstić information content (AvgIpc) is 3.01. The van der Waals surface area contributed by atoms with Crippen LogP contribution in [0.2, 0.25) is 0 Å². The summed E-state index contributed by atoms with van der Waals surface area (Å²) in [5.41, 5.74) is -1.02. The van der Waals surface area contributed by atoms with Crippen molar-refractivity contribution in [3.63, 3.8) is 0 Å². The van der Waals surface area contributed by atoms with Crippen molar-refractivity contribution >= 4 is 28.7 Å². The predicted octanol–water partition coefficient (Wildman–Crippen LogP) is 2.64. The number of hydrogen-bond donors (Lipinski definition) is 1. The standard InChI is InChI=1S/C19H27N5O5/c1-10(2)24-16-13(15(20-9-21-16)22-11(3)25)14(23-24)19(27-12(4)26)28-17(5,6)18(7,8)29-19/h9-10H,1-8H3,(H,20,21,22,25). The van der Waals surface area contributed by atoms with E-state index >= 15 is 0 Å². The highest BCUT2D eigenvalue weighted by Gasteiger charge is 2.62. The van der Waals surface area contributed by atoms with E-state index in [2.05, 4.69) is 20.4 Å². The number of fused-ring (bicyclic) bond motifs is 1. The highest BCUT2D eigenvalue weighted by molar-refractivity contribution is 5.98. The number of ether oxygens (including phenoxy) is 3. The molecule has 0 bridgehead atoms. The van der Waals surface area contributed by atoms with Crippen LogP contribution >= 0.6 is 0 Å². The summed E-state index contributed by atoms with van der Waals surface area (Å²) in [4.78, 5) is 32.3. The zero-order valence-corrected chi connectivity index (χ0v) is 18.0. The molecular formula is C19H27N5O5. The molecule has 0 aliphatic carbocycles. The number of anilines is 1. The molecule has 0 spiro atoms. The van der Waals surface area contributed by atoms with E-state index in [4.69, 9.17) is 14.2 Å². The Bertz CT molecular complexity index is 963. The molecule has 3 rings (SSSR count). The van der Waals surface area contributed by atoms with Gasteiger partial charge in [0.05, 0.1) is 16.6 Å². The summed E-state index contributed by atoms with van der Waals surface area (Å²) in [5.74, 6) is -2.62. The molecule has 1 amide bonds. The molecule has 10 nitrogen and oxygen atoms in total. The van der Waals surface area contributed by atoms with Crippen molar-refractivity contribution in [2.45, 2.75) is 78.6 Å². The molecule has 0 aromatic carbocycles. The molecule has 2 aromatic heterocycles. The lowest BCUT2D eigenvalue weighted by Crippen LogP contribution is -2.41. The summed E-state index contributed by atoms with van der Waals surface area (Å²) >= 11 is 0. The molecule has 1 saturated heterocycles. The molecule has 0 unspecified atom stereocenters. The number of rotatable bonds is 4. The third-order valence-electron chi connectivity index (χ3n) is 5.07. The fourth-order valence-electron chi connectivity index (χ4n) is 3.12. The van der Waals surface area contributed by atoms with Gasteiger partial charge in [-0.15, -0.1) is 0 Å². The topological polar surface area (TPSA) is 117 Å². The molecule has 29 heavy (non-hydrogen) atoms. The largest absolute Gasteiger partial charge is 0.403 e. The number of carbonyl (C=O) groups excluding carboxylic acids is 2. The summed E-state index contributed by atoms with van der Waals surface area (Å²) in [6.07, 6.45) is 1.33. The first-order chi connectivity index (χ1) is 13.3. The van der Waals surface area contributed by atoms with Crippen molar-refractivity contribution in [1.29, 1.82) is 0 Å². The molecular weight excluding hydrogens is 378 g/mol. The zero-order chi connectivity index (χ0) is 21.8. The Labute approximate surface area is 168 Å². The highest BCUT2D eigenvalue weighted by Crippen LogP contribution is 2.51. The van der Waals surface area contributed by atoms with E-state index in [1.54, 1.807) is 4.68 Å². The van der Waals surface area contributed by atoms with Crippen LogP contribution in [0.3, 0.4) is 0 Å². The van der Waals surface area contributed by atoms with Crippen LogP contribution in [-0.4, -0.2) is 42.8 Å². The number of nitrogens with zero attached hydrogens (tertiary/aromatic N) is 4. The Morgan fingerprint density at radius 3 is 2.17 bits per heavy atom. The van der Waals surface area contributed by atoms with Gasteiger partial charge in [0.1, 0.15) is 12.1 Å². The van der Waals surface area contributed by atoms with Crippen molar-refractivity contribution in [2.24, 2.45) is 0 Å². The Morgan fingerprint density at radius 2 is 1.69 bits per heavy atom. The van der Waals surface area contributed by atoms with Crippen LogP contribution in [0.1, 0.15) is 67.1 Å². The van der Waals surface area contributed by atoms with Crippen molar-refractivity contribution in [2.75, 3.05) is 5.32 Å². The maximum absolute atomic E-state index is 12.0. The minimum Gasteiger partial charge on any atom is -0.403 e. The first-order valence-corrected chi connectivity index (χ1v) is 9.41. The smallest absolute Gasteiger partial charge is 0.380 e. The van der Waals surface area contributed by atoms with Crippen LogP contribution in [0.15, 0.2) is 6.33 Å². The number of carbonyl (C=O) groups is 2. The van der Waals surface area contributed by atoms with Crippen LogP contribution in [0.4, 0.5) is 5.82 Å². The Balaban J connectivity index is 2.36. The molecule has 1 fully saturated rings. The van der Waals surface area contributed by atoms with Crippen molar-refractivity contribution < 1.29 is 23.8 Å². The Morgan fingerprint density at radius 1 is 1.10 bits per heavy atom. The van der Waals surface area contributed by atoms with Crippen LogP contribution in [0.25, 0.3) is 11.0 Å². The third kappa shape index (κ3) is 3.46. The maximum Gasteiger partial charge on any atom is 0.380 e. The second kappa shape index (κ2) is 6.74. The van der Waals surface area contributed by atoms with E-state index in [1.807, 2.05) is 41.5 Å². The average molecular weight is 405 g/mol.